The molecule has 0 unspecified atom stereocenters. The van der Waals surface area contributed by atoms with E-state index in [1.165, 1.54) is 12.1 Å². The standard InChI is InChI=1S/C10H10N2O3/c11-6-1-2-7-15-10-5-3-4-9(8-10)12(13)14/h3-5,8H,1-2,7H2. The molecule has 0 radical (unpaired) electrons. The first-order chi connectivity index (χ1) is 7.24. The highest BCUT2D eigenvalue weighted by Crippen LogP contribution is 2.19. The molecule has 0 heterocycles. The molecule has 0 N–H and O–H groups in total. The summed E-state index contributed by atoms with van der Waals surface area (Å²) in [5.41, 5.74) is 0.00721. The van der Waals surface area contributed by atoms with Crippen molar-refractivity contribution >= 4 is 5.69 Å². The molecule has 0 saturated heterocycles. The third-order valence-electron chi connectivity index (χ3n) is 1.73. The average Bonchev–Trinajstić information content (AvgIpc) is 2.25. The van der Waals surface area contributed by atoms with Gasteiger partial charge in [0.05, 0.1) is 23.7 Å². The summed E-state index contributed by atoms with van der Waals surface area (Å²) in [5.74, 6) is 0.460. The Labute approximate surface area is 87.1 Å². The number of benzene rings is 1. The minimum Gasteiger partial charge on any atom is -0.493 e. The van der Waals surface area contributed by atoms with Crippen LogP contribution in [0.5, 0.6) is 5.75 Å². The Morgan fingerprint density at radius 2 is 2.33 bits per heavy atom. The van der Waals surface area contributed by atoms with Crippen LogP contribution in [0.1, 0.15) is 12.8 Å². The molecule has 5 nitrogen and oxygen atoms in total. The van der Waals surface area contributed by atoms with Gasteiger partial charge < -0.3 is 4.74 Å². The highest BCUT2D eigenvalue weighted by Gasteiger charge is 2.05. The fourth-order valence-corrected chi connectivity index (χ4v) is 1.03. The van der Waals surface area contributed by atoms with E-state index in [1.807, 2.05) is 6.07 Å². The van der Waals surface area contributed by atoms with Gasteiger partial charge in [-0.15, -0.1) is 0 Å². The van der Waals surface area contributed by atoms with Gasteiger partial charge in [0.25, 0.3) is 5.69 Å². The first kappa shape index (κ1) is 11.0. The Hall–Kier alpha value is -2.09. The normalized spacial score (nSPS) is 9.27. The molecule has 1 aromatic carbocycles. The van der Waals surface area contributed by atoms with Crippen LogP contribution in [-0.4, -0.2) is 11.5 Å². The zero-order chi connectivity index (χ0) is 11.1. The number of ether oxygens (including phenoxy) is 1. The van der Waals surface area contributed by atoms with Gasteiger partial charge in [-0.1, -0.05) is 6.07 Å². The third-order valence-corrected chi connectivity index (χ3v) is 1.73. The molecule has 0 spiro atoms. The molecular formula is C10H10N2O3. The summed E-state index contributed by atoms with van der Waals surface area (Å²) in [6, 6.07) is 7.99. The van der Waals surface area contributed by atoms with E-state index < -0.39 is 4.92 Å². The quantitative estimate of drug-likeness (QED) is 0.420. The van der Waals surface area contributed by atoms with Crippen molar-refractivity contribution in [1.82, 2.24) is 0 Å². The molecule has 15 heavy (non-hydrogen) atoms. The Morgan fingerprint density at radius 3 is 3.00 bits per heavy atom. The van der Waals surface area contributed by atoms with Gasteiger partial charge in [0.2, 0.25) is 0 Å². The molecule has 0 fully saturated rings. The van der Waals surface area contributed by atoms with Crippen LogP contribution in [0.2, 0.25) is 0 Å². The van der Waals surface area contributed by atoms with Gasteiger partial charge in [0.1, 0.15) is 5.75 Å². The number of hydrogen-bond acceptors (Lipinski definition) is 4. The fourth-order valence-electron chi connectivity index (χ4n) is 1.03. The monoisotopic (exact) mass is 206 g/mol. The van der Waals surface area contributed by atoms with Crippen molar-refractivity contribution in [3.63, 3.8) is 0 Å². The van der Waals surface area contributed by atoms with Gasteiger partial charge in [-0.3, -0.25) is 10.1 Å². The highest BCUT2D eigenvalue weighted by molar-refractivity contribution is 5.37. The lowest BCUT2D eigenvalue weighted by molar-refractivity contribution is -0.384. The SMILES string of the molecule is N#CCCCOc1cccc([N+](=O)[O-])c1. The van der Waals surface area contributed by atoms with E-state index in [-0.39, 0.29) is 5.69 Å². The molecule has 0 aliphatic heterocycles. The van der Waals surface area contributed by atoms with Crippen molar-refractivity contribution in [3.8, 4) is 11.8 Å². The Morgan fingerprint density at radius 1 is 1.53 bits per heavy atom. The average molecular weight is 206 g/mol. The minimum atomic E-state index is -0.470. The molecule has 0 atom stereocenters. The van der Waals surface area contributed by atoms with E-state index in [4.69, 9.17) is 10.00 Å². The number of rotatable bonds is 5. The zero-order valence-electron chi connectivity index (χ0n) is 8.05. The summed E-state index contributed by atoms with van der Waals surface area (Å²) >= 11 is 0. The summed E-state index contributed by atoms with van der Waals surface area (Å²) in [7, 11) is 0. The van der Waals surface area contributed by atoms with Crippen molar-refractivity contribution in [1.29, 1.82) is 5.26 Å². The van der Waals surface area contributed by atoms with Gasteiger partial charge in [-0.25, -0.2) is 0 Å². The topological polar surface area (TPSA) is 76.2 Å². The third kappa shape index (κ3) is 3.65. The van der Waals surface area contributed by atoms with E-state index in [1.54, 1.807) is 12.1 Å². The number of non-ortho nitro benzene ring substituents is 1. The molecule has 5 heteroatoms. The number of nitro benzene ring substituents is 1. The second kappa shape index (κ2) is 5.60. The maximum absolute atomic E-state index is 10.4. The lowest BCUT2D eigenvalue weighted by Crippen LogP contribution is -1.97. The Bertz CT molecular complexity index is 384. The molecule has 0 saturated carbocycles. The van der Waals surface area contributed by atoms with E-state index in [0.29, 0.717) is 25.2 Å². The van der Waals surface area contributed by atoms with Crippen LogP contribution in [0.4, 0.5) is 5.69 Å². The summed E-state index contributed by atoms with van der Waals surface area (Å²) < 4.78 is 5.24. The van der Waals surface area contributed by atoms with Gasteiger partial charge in [-0.05, 0) is 12.5 Å². The van der Waals surface area contributed by atoms with E-state index in [0.717, 1.165) is 0 Å². The minimum absolute atomic E-state index is 0.00721. The van der Waals surface area contributed by atoms with Gasteiger partial charge in [-0.2, -0.15) is 5.26 Å². The molecule has 78 valence electrons. The van der Waals surface area contributed by atoms with E-state index in [9.17, 15) is 10.1 Å². The maximum atomic E-state index is 10.4. The summed E-state index contributed by atoms with van der Waals surface area (Å²) in [4.78, 5) is 9.97. The molecular weight excluding hydrogens is 196 g/mol. The lowest BCUT2D eigenvalue weighted by atomic mass is 10.3. The Balaban J connectivity index is 2.51. The largest absolute Gasteiger partial charge is 0.493 e. The van der Waals surface area contributed by atoms with Crippen LogP contribution in [-0.2, 0) is 0 Å². The predicted molar refractivity (Wildman–Crippen MR) is 53.4 cm³/mol. The molecule has 0 amide bonds. The maximum Gasteiger partial charge on any atom is 0.273 e. The van der Waals surface area contributed by atoms with Crippen molar-refractivity contribution < 1.29 is 9.66 Å². The van der Waals surface area contributed by atoms with Crippen molar-refractivity contribution in [2.24, 2.45) is 0 Å². The summed E-state index contributed by atoms with van der Waals surface area (Å²) in [6.07, 6.45) is 1.05. The van der Waals surface area contributed by atoms with Gasteiger partial charge in [0.15, 0.2) is 0 Å². The lowest BCUT2D eigenvalue weighted by Gasteiger charge is -2.03. The van der Waals surface area contributed by atoms with Crippen LogP contribution >= 0.6 is 0 Å². The Kier molecular flexibility index (Phi) is 4.10. The summed E-state index contributed by atoms with van der Waals surface area (Å²) in [5, 5.41) is 18.7. The van der Waals surface area contributed by atoms with Crippen LogP contribution in [0.15, 0.2) is 24.3 Å². The van der Waals surface area contributed by atoms with E-state index in [2.05, 4.69) is 0 Å². The van der Waals surface area contributed by atoms with Crippen LogP contribution in [0.3, 0.4) is 0 Å². The van der Waals surface area contributed by atoms with Gasteiger partial charge >= 0.3 is 0 Å². The number of hydrogen-bond donors (Lipinski definition) is 0. The molecule has 1 aromatic rings. The predicted octanol–water partition coefficient (Wildman–Crippen LogP) is 2.28. The second-order valence-electron chi connectivity index (χ2n) is 2.86. The fraction of sp³-hybridized carbons (Fsp3) is 0.300. The van der Waals surface area contributed by atoms with E-state index >= 15 is 0 Å². The summed E-state index contributed by atoms with van der Waals surface area (Å²) in [6.45, 7) is 0.398. The van der Waals surface area contributed by atoms with Crippen LogP contribution in [0.25, 0.3) is 0 Å². The highest BCUT2D eigenvalue weighted by atomic mass is 16.6. The number of unbranched alkanes of at least 4 members (excludes halogenated alkanes) is 1. The first-order valence-corrected chi connectivity index (χ1v) is 4.48. The molecule has 0 aliphatic carbocycles. The van der Waals surface area contributed by atoms with Crippen LogP contribution < -0.4 is 4.74 Å². The molecule has 0 bridgehead atoms. The first-order valence-electron chi connectivity index (χ1n) is 4.48. The number of nitrogens with zero attached hydrogens (tertiary/aromatic N) is 2. The van der Waals surface area contributed by atoms with Gasteiger partial charge in [0, 0.05) is 12.5 Å². The number of nitro groups is 1. The molecule has 0 aliphatic rings. The molecule has 0 aromatic heterocycles. The van der Waals surface area contributed by atoms with Crippen molar-refractivity contribution in [3.05, 3.63) is 34.4 Å². The zero-order valence-corrected chi connectivity index (χ0v) is 8.05. The smallest absolute Gasteiger partial charge is 0.273 e. The second-order valence-corrected chi connectivity index (χ2v) is 2.86. The van der Waals surface area contributed by atoms with Crippen molar-refractivity contribution in [2.75, 3.05) is 6.61 Å². The number of nitriles is 1. The van der Waals surface area contributed by atoms with Crippen molar-refractivity contribution in [2.45, 2.75) is 12.8 Å². The molecule has 1 rings (SSSR count). The van der Waals surface area contributed by atoms with Crippen LogP contribution in [0, 0.1) is 21.4 Å².